The Labute approximate surface area is 185 Å². The number of ether oxygens (including phenoxy) is 1. The van der Waals surface area contributed by atoms with Gasteiger partial charge in [-0.05, 0) is 68.6 Å². The van der Waals surface area contributed by atoms with E-state index < -0.39 is 6.10 Å². The van der Waals surface area contributed by atoms with Gasteiger partial charge in [-0.2, -0.15) is 0 Å². The van der Waals surface area contributed by atoms with Gasteiger partial charge in [-0.1, -0.05) is 12.1 Å². The van der Waals surface area contributed by atoms with Gasteiger partial charge in [0, 0.05) is 44.6 Å². The standard InChI is InChI=1S/C25H28N2O3S/c1-16-12-17(25-13-20-22(29)5-3-7-24(20)31-25)9-11-27(16)14-18(28)15-30-23-6-2-4-21-19(23)8-10-26-21/h2-8,10,13,16-18,26,28-29H,9,11-12,14-15H2,1H3/t16-,17+,18-/m0/s1. The summed E-state index contributed by atoms with van der Waals surface area (Å²) in [4.78, 5) is 6.90. The number of aromatic amines is 1. The molecule has 0 bridgehead atoms. The summed E-state index contributed by atoms with van der Waals surface area (Å²) in [5.41, 5.74) is 1.04. The van der Waals surface area contributed by atoms with Crippen molar-refractivity contribution in [1.82, 2.24) is 9.88 Å². The number of fused-ring (bicyclic) bond motifs is 2. The molecule has 1 fully saturated rings. The Bertz CT molecular complexity index is 1180. The van der Waals surface area contributed by atoms with Crippen molar-refractivity contribution < 1.29 is 14.9 Å². The van der Waals surface area contributed by atoms with Gasteiger partial charge in [-0.3, -0.25) is 4.90 Å². The lowest BCUT2D eigenvalue weighted by Gasteiger charge is -2.38. The van der Waals surface area contributed by atoms with Gasteiger partial charge in [0.15, 0.2) is 0 Å². The number of hydrogen-bond donors (Lipinski definition) is 3. The van der Waals surface area contributed by atoms with Crippen LogP contribution in [-0.4, -0.2) is 51.9 Å². The third-order valence-corrected chi connectivity index (χ3v) is 7.67. The highest BCUT2D eigenvalue weighted by Crippen LogP contribution is 2.40. The molecule has 5 rings (SSSR count). The molecule has 0 unspecified atom stereocenters. The first-order chi connectivity index (χ1) is 15.1. The van der Waals surface area contributed by atoms with Crippen molar-refractivity contribution in [3.63, 3.8) is 0 Å². The van der Waals surface area contributed by atoms with Crippen molar-refractivity contribution in [1.29, 1.82) is 0 Å². The molecule has 6 heteroatoms. The van der Waals surface area contributed by atoms with Gasteiger partial charge in [0.1, 0.15) is 24.2 Å². The number of aliphatic hydroxyl groups excluding tert-OH is 1. The number of aromatic nitrogens is 1. The van der Waals surface area contributed by atoms with Crippen molar-refractivity contribution in [2.75, 3.05) is 19.7 Å². The molecule has 0 amide bonds. The van der Waals surface area contributed by atoms with Crippen LogP contribution in [0.4, 0.5) is 0 Å². The van der Waals surface area contributed by atoms with Gasteiger partial charge < -0.3 is 19.9 Å². The molecule has 2 aromatic heterocycles. The Morgan fingerprint density at radius 2 is 2.06 bits per heavy atom. The number of H-pyrrole nitrogens is 1. The number of likely N-dealkylation sites (tertiary alicyclic amines) is 1. The number of nitrogens with zero attached hydrogens (tertiary/aromatic N) is 1. The smallest absolute Gasteiger partial charge is 0.128 e. The Morgan fingerprint density at radius 1 is 1.19 bits per heavy atom. The number of benzene rings is 2. The molecular weight excluding hydrogens is 408 g/mol. The molecule has 0 radical (unpaired) electrons. The van der Waals surface area contributed by atoms with Gasteiger partial charge in [-0.25, -0.2) is 0 Å². The fourth-order valence-electron chi connectivity index (χ4n) is 4.71. The van der Waals surface area contributed by atoms with Gasteiger partial charge in [-0.15, -0.1) is 11.3 Å². The molecule has 1 aliphatic rings. The minimum Gasteiger partial charge on any atom is -0.507 e. The minimum absolute atomic E-state index is 0.284. The zero-order chi connectivity index (χ0) is 21.4. The molecule has 3 heterocycles. The van der Waals surface area contributed by atoms with Crippen LogP contribution in [0.3, 0.4) is 0 Å². The number of thiophene rings is 1. The van der Waals surface area contributed by atoms with E-state index in [9.17, 15) is 10.2 Å². The normalized spacial score (nSPS) is 21.0. The van der Waals surface area contributed by atoms with Crippen molar-refractivity contribution in [3.8, 4) is 11.5 Å². The topological polar surface area (TPSA) is 68.7 Å². The van der Waals surface area contributed by atoms with Crippen LogP contribution in [-0.2, 0) is 0 Å². The third kappa shape index (κ3) is 4.15. The van der Waals surface area contributed by atoms with E-state index in [1.54, 1.807) is 17.4 Å². The van der Waals surface area contributed by atoms with Crippen LogP contribution in [0.2, 0.25) is 0 Å². The van der Waals surface area contributed by atoms with E-state index >= 15 is 0 Å². The molecule has 31 heavy (non-hydrogen) atoms. The maximum Gasteiger partial charge on any atom is 0.128 e. The van der Waals surface area contributed by atoms with E-state index in [0.717, 1.165) is 46.1 Å². The fourth-order valence-corrected chi connectivity index (χ4v) is 5.94. The van der Waals surface area contributed by atoms with Crippen LogP contribution in [0.5, 0.6) is 11.5 Å². The predicted octanol–water partition coefficient (Wildman–Crippen LogP) is 5.10. The van der Waals surface area contributed by atoms with Crippen LogP contribution in [0.25, 0.3) is 21.0 Å². The molecule has 0 spiro atoms. The SMILES string of the molecule is C[C@H]1C[C@H](c2cc3c(O)cccc3s2)CCN1C[C@H](O)COc1cccc2[nH]ccc12. The number of phenolic OH excluding ortho intramolecular Hbond substituents is 1. The maximum absolute atomic E-state index is 10.6. The number of aliphatic hydroxyl groups is 1. The first-order valence-corrected chi connectivity index (χ1v) is 11.7. The molecule has 162 valence electrons. The highest BCUT2D eigenvalue weighted by atomic mass is 32.1. The zero-order valence-corrected chi connectivity index (χ0v) is 18.4. The van der Waals surface area contributed by atoms with Gasteiger partial charge in [0.25, 0.3) is 0 Å². The maximum atomic E-state index is 10.6. The number of rotatable bonds is 6. The second-order valence-corrected chi connectivity index (χ2v) is 9.68. The van der Waals surface area contributed by atoms with Crippen LogP contribution in [0, 0.1) is 0 Å². The minimum atomic E-state index is -0.533. The molecule has 2 aromatic carbocycles. The average molecular weight is 437 g/mol. The molecule has 4 aromatic rings. The first kappa shape index (κ1) is 20.4. The van der Waals surface area contributed by atoms with Gasteiger partial charge in [0.05, 0.1) is 0 Å². The number of piperidine rings is 1. The zero-order valence-electron chi connectivity index (χ0n) is 17.6. The summed E-state index contributed by atoms with van der Waals surface area (Å²) >= 11 is 1.79. The van der Waals surface area contributed by atoms with Crippen molar-refractivity contribution in [3.05, 3.63) is 59.6 Å². The summed E-state index contributed by atoms with van der Waals surface area (Å²) in [5.74, 6) is 1.67. The van der Waals surface area contributed by atoms with Gasteiger partial charge >= 0.3 is 0 Å². The fraction of sp³-hybridized carbons (Fsp3) is 0.360. The summed E-state index contributed by atoms with van der Waals surface area (Å²) in [7, 11) is 0. The monoisotopic (exact) mass is 436 g/mol. The quantitative estimate of drug-likeness (QED) is 0.394. The van der Waals surface area contributed by atoms with E-state index in [2.05, 4.69) is 28.9 Å². The summed E-state index contributed by atoms with van der Waals surface area (Å²) in [5, 5.41) is 22.7. The van der Waals surface area contributed by atoms with Crippen molar-refractivity contribution in [2.24, 2.45) is 0 Å². The highest BCUT2D eigenvalue weighted by Gasteiger charge is 2.29. The summed E-state index contributed by atoms with van der Waals surface area (Å²) in [6, 6.07) is 16.2. The lowest BCUT2D eigenvalue weighted by Crippen LogP contribution is -2.45. The Hall–Kier alpha value is -2.54. The molecule has 1 saturated heterocycles. The molecule has 0 aliphatic carbocycles. The first-order valence-electron chi connectivity index (χ1n) is 10.9. The Morgan fingerprint density at radius 3 is 2.90 bits per heavy atom. The van der Waals surface area contributed by atoms with Crippen molar-refractivity contribution in [2.45, 2.75) is 37.8 Å². The lowest BCUT2D eigenvalue weighted by molar-refractivity contribution is 0.0408. The lowest BCUT2D eigenvalue weighted by atomic mass is 9.90. The second-order valence-electron chi connectivity index (χ2n) is 8.56. The predicted molar refractivity (Wildman–Crippen MR) is 126 cm³/mol. The number of hydrogen-bond acceptors (Lipinski definition) is 5. The van der Waals surface area contributed by atoms with E-state index in [4.69, 9.17) is 4.74 Å². The summed E-state index contributed by atoms with van der Waals surface area (Å²) in [6.07, 6.45) is 3.49. The molecule has 5 nitrogen and oxygen atoms in total. The van der Waals surface area contributed by atoms with E-state index in [-0.39, 0.29) is 6.61 Å². The largest absolute Gasteiger partial charge is 0.507 e. The Kier molecular flexibility index (Phi) is 5.61. The number of β-amino-alcohol motifs (C(OH)–C–C–N with tert-alkyl or cyclic N) is 1. The second kappa shape index (κ2) is 8.54. The van der Waals surface area contributed by atoms with Crippen LogP contribution in [0.1, 0.15) is 30.6 Å². The number of nitrogens with one attached hydrogen (secondary N) is 1. The number of phenols is 1. The molecule has 3 atom stereocenters. The average Bonchev–Trinajstić information content (AvgIpc) is 3.41. The van der Waals surface area contributed by atoms with E-state index in [0.29, 0.717) is 24.3 Å². The number of aromatic hydroxyl groups is 1. The Balaban J connectivity index is 1.18. The van der Waals surface area contributed by atoms with Crippen LogP contribution >= 0.6 is 11.3 Å². The van der Waals surface area contributed by atoms with Crippen molar-refractivity contribution >= 4 is 32.3 Å². The van der Waals surface area contributed by atoms with E-state index in [1.807, 2.05) is 36.5 Å². The van der Waals surface area contributed by atoms with Gasteiger partial charge in [0.2, 0.25) is 0 Å². The summed E-state index contributed by atoms with van der Waals surface area (Å²) < 4.78 is 7.08. The third-order valence-electron chi connectivity index (χ3n) is 6.41. The highest BCUT2D eigenvalue weighted by molar-refractivity contribution is 7.19. The molecule has 3 N–H and O–H groups in total. The molecule has 0 saturated carbocycles. The summed E-state index contributed by atoms with van der Waals surface area (Å²) in [6.45, 7) is 4.10. The van der Waals surface area contributed by atoms with Crippen LogP contribution in [0.15, 0.2) is 54.7 Å². The van der Waals surface area contributed by atoms with E-state index in [1.165, 1.54) is 4.88 Å². The van der Waals surface area contributed by atoms with Crippen LogP contribution < -0.4 is 4.74 Å². The molecular formula is C25H28N2O3S. The molecule has 1 aliphatic heterocycles.